The van der Waals surface area contributed by atoms with Crippen molar-refractivity contribution in [1.29, 1.82) is 0 Å². The van der Waals surface area contributed by atoms with E-state index in [-0.39, 0.29) is 5.76 Å². The first-order valence-electron chi connectivity index (χ1n) is 3.91. The van der Waals surface area contributed by atoms with Crippen molar-refractivity contribution in [2.24, 2.45) is 0 Å². The number of halogens is 2. The Bertz CT molecular complexity index is 481. The summed E-state index contributed by atoms with van der Waals surface area (Å²) >= 11 is 0. The highest BCUT2D eigenvalue weighted by Gasteiger charge is 2.23. The summed E-state index contributed by atoms with van der Waals surface area (Å²) in [5.74, 6) is -5.34. The zero-order chi connectivity index (χ0) is 12.3. The van der Waals surface area contributed by atoms with Crippen molar-refractivity contribution in [2.45, 2.75) is 12.3 Å². The van der Waals surface area contributed by atoms with Gasteiger partial charge in [0.2, 0.25) is 5.76 Å². The van der Waals surface area contributed by atoms with E-state index in [9.17, 15) is 22.0 Å². The molecule has 0 atom stereocenters. The fourth-order valence-electron chi connectivity index (χ4n) is 0.823. The van der Waals surface area contributed by atoms with Crippen molar-refractivity contribution >= 4 is 16.0 Å². The van der Waals surface area contributed by atoms with Gasteiger partial charge in [-0.1, -0.05) is 0 Å². The molecule has 0 amide bonds. The van der Waals surface area contributed by atoms with Gasteiger partial charge >= 0.3 is 11.7 Å². The Morgan fingerprint density at radius 1 is 1.50 bits per heavy atom. The number of sulfonamides is 1. The number of hydrogen-bond donors (Lipinski definition) is 2. The van der Waals surface area contributed by atoms with E-state index < -0.39 is 34.1 Å². The van der Waals surface area contributed by atoms with Crippen molar-refractivity contribution in [1.82, 2.24) is 4.72 Å². The molecule has 2 N–H and O–H groups in total. The van der Waals surface area contributed by atoms with Gasteiger partial charge in [-0.3, -0.25) is 0 Å². The molecule has 0 radical (unpaired) electrons. The number of nitrogens with one attached hydrogen (secondary N) is 1. The molecule has 0 bridgehead atoms. The topological polar surface area (TPSA) is 96.6 Å². The molecule has 9 heteroatoms. The van der Waals surface area contributed by atoms with Gasteiger partial charge in [-0.2, -0.15) is 8.78 Å². The van der Waals surface area contributed by atoms with Gasteiger partial charge in [0.25, 0.3) is 10.0 Å². The summed E-state index contributed by atoms with van der Waals surface area (Å²) < 4.78 is 51.2. The van der Waals surface area contributed by atoms with Crippen LogP contribution in [-0.2, 0) is 16.6 Å². The Labute approximate surface area is 88.9 Å². The largest absolute Gasteiger partial charge is 0.475 e. The fourth-order valence-corrected chi connectivity index (χ4v) is 1.29. The maximum absolute atomic E-state index is 11.9. The average molecular weight is 255 g/mol. The molecule has 0 aliphatic rings. The lowest BCUT2D eigenvalue weighted by molar-refractivity contribution is 0.0660. The van der Waals surface area contributed by atoms with E-state index in [4.69, 9.17) is 5.11 Å². The van der Waals surface area contributed by atoms with Crippen LogP contribution in [0, 0.1) is 0 Å². The summed E-state index contributed by atoms with van der Waals surface area (Å²) in [4.78, 5) is 10.4. The Morgan fingerprint density at radius 3 is 2.56 bits per heavy atom. The SMILES string of the molecule is O=C(O)c1ccc(CNS(=O)(=O)C(F)F)o1. The standard InChI is InChI=1S/C7H7F2NO5S/c8-7(9)16(13,14)10-3-4-1-2-5(15-4)6(11)12/h1-2,7,10H,3H2,(H,11,12). The molecule has 0 unspecified atom stereocenters. The molecule has 6 nitrogen and oxygen atoms in total. The molecular formula is C7H7F2NO5S. The van der Waals surface area contributed by atoms with Gasteiger partial charge in [-0.15, -0.1) is 0 Å². The van der Waals surface area contributed by atoms with E-state index >= 15 is 0 Å². The van der Waals surface area contributed by atoms with Gasteiger partial charge in [0.15, 0.2) is 0 Å². The lowest BCUT2D eigenvalue weighted by atomic mass is 10.4. The summed E-state index contributed by atoms with van der Waals surface area (Å²) in [7, 11) is -4.70. The van der Waals surface area contributed by atoms with Crippen LogP contribution in [-0.4, -0.2) is 25.3 Å². The molecule has 1 aromatic heterocycles. The van der Waals surface area contributed by atoms with Gasteiger partial charge in [-0.25, -0.2) is 17.9 Å². The van der Waals surface area contributed by atoms with Crippen LogP contribution >= 0.6 is 0 Å². The number of furan rings is 1. The first-order valence-corrected chi connectivity index (χ1v) is 5.46. The second-order valence-electron chi connectivity index (χ2n) is 2.70. The van der Waals surface area contributed by atoms with E-state index in [2.05, 4.69) is 4.42 Å². The van der Waals surface area contributed by atoms with E-state index in [0.717, 1.165) is 6.07 Å². The van der Waals surface area contributed by atoms with Gasteiger partial charge in [0.05, 0.1) is 6.54 Å². The molecule has 0 saturated carbocycles. The second kappa shape index (κ2) is 4.58. The normalized spacial score (nSPS) is 11.9. The van der Waals surface area contributed by atoms with Crippen molar-refractivity contribution in [3.8, 4) is 0 Å². The van der Waals surface area contributed by atoms with Gasteiger partial charge in [0.1, 0.15) is 5.76 Å². The zero-order valence-electron chi connectivity index (χ0n) is 7.68. The van der Waals surface area contributed by atoms with Crippen molar-refractivity contribution in [2.75, 3.05) is 0 Å². The molecule has 0 aromatic carbocycles. The Morgan fingerprint density at radius 2 is 2.12 bits per heavy atom. The molecule has 1 aromatic rings. The third-order valence-corrected chi connectivity index (χ3v) is 2.57. The van der Waals surface area contributed by atoms with Gasteiger partial charge < -0.3 is 9.52 Å². The zero-order valence-corrected chi connectivity index (χ0v) is 8.50. The molecule has 1 heterocycles. The van der Waals surface area contributed by atoms with Crippen molar-refractivity contribution in [3.63, 3.8) is 0 Å². The first-order chi connectivity index (χ1) is 7.33. The summed E-state index contributed by atoms with van der Waals surface area (Å²) in [5, 5.41) is 8.46. The predicted octanol–water partition coefficient (Wildman–Crippen LogP) is 0.620. The summed E-state index contributed by atoms with van der Waals surface area (Å²) in [6.07, 6.45) is 0. The number of rotatable bonds is 5. The molecule has 0 saturated heterocycles. The molecule has 0 aliphatic carbocycles. The van der Waals surface area contributed by atoms with Crippen LogP contribution in [0.2, 0.25) is 0 Å². The number of alkyl halides is 2. The molecule has 0 spiro atoms. The number of hydrogen-bond acceptors (Lipinski definition) is 4. The summed E-state index contributed by atoms with van der Waals surface area (Å²) in [5.41, 5.74) is 0. The van der Waals surface area contributed by atoms with Crippen LogP contribution in [0.15, 0.2) is 16.5 Å². The predicted molar refractivity (Wildman–Crippen MR) is 47.4 cm³/mol. The smallest absolute Gasteiger partial charge is 0.371 e. The fraction of sp³-hybridized carbons (Fsp3) is 0.286. The molecular weight excluding hydrogens is 248 g/mol. The third kappa shape index (κ3) is 3.00. The molecule has 16 heavy (non-hydrogen) atoms. The van der Waals surface area contributed by atoms with E-state index in [1.54, 1.807) is 4.72 Å². The average Bonchev–Trinajstić information content (AvgIpc) is 2.63. The van der Waals surface area contributed by atoms with Crippen LogP contribution in [0.5, 0.6) is 0 Å². The van der Waals surface area contributed by atoms with E-state index in [1.807, 2.05) is 0 Å². The van der Waals surface area contributed by atoms with Crippen molar-refractivity contribution in [3.05, 3.63) is 23.7 Å². The maximum Gasteiger partial charge on any atom is 0.371 e. The Kier molecular flexibility index (Phi) is 3.60. The van der Waals surface area contributed by atoms with E-state index in [1.165, 1.54) is 6.07 Å². The highest BCUT2D eigenvalue weighted by molar-refractivity contribution is 7.89. The third-order valence-electron chi connectivity index (χ3n) is 1.55. The van der Waals surface area contributed by atoms with Crippen LogP contribution in [0.1, 0.15) is 16.3 Å². The highest BCUT2D eigenvalue weighted by Crippen LogP contribution is 2.09. The molecule has 0 fully saturated rings. The van der Waals surface area contributed by atoms with Gasteiger partial charge in [0, 0.05) is 0 Å². The lowest BCUT2D eigenvalue weighted by Gasteiger charge is -2.02. The summed E-state index contributed by atoms with van der Waals surface area (Å²) in [6.45, 7) is -0.528. The maximum atomic E-state index is 11.9. The molecule has 0 aliphatic heterocycles. The number of carbonyl (C=O) groups is 1. The lowest BCUT2D eigenvalue weighted by Crippen LogP contribution is -2.28. The van der Waals surface area contributed by atoms with Crippen LogP contribution in [0.25, 0.3) is 0 Å². The minimum atomic E-state index is -4.70. The Balaban J connectivity index is 2.65. The van der Waals surface area contributed by atoms with Crippen molar-refractivity contribution < 1.29 is 31.5 Å². The van der Waals surface area contributed by atoms with E-state index in [0.29, 0.717) is 0 Å². The minimum absolute atomic E-state index is 0.0679. The number of aromatic carboxylic acids is 1. The Hall–Kier alpha value is -1.48. The van der Waals surface area contributed by atoms with Crippen LogP contribution in [0.3, 0.4) is 0 Å². The number of carboxylic acid groups (broad SMARTS) is 1. The van der Waals surface area contributed by atoms with Gasteiger partial charge in [-0.05, 0) is 12.1 Å². The first kappa shape index (κ1) is 12.6. The monoisotopic (exact) mass is 255 g/mol. The molecule has 1 rings (SSSR count). The quantitative estimate of drug-likeness (QED) is 0.803. The number of carboxylic acids is 1. The summed E-state index contributed by atoms with van der Waals surface area (Å²) in [6, 6.07) is 2.27. The highest BCUT2D eigenvalue weighted by atomic mass is 32.2. The second-order valence-corrected chi connectivity index (χ2v) is 4.43. The molecule has 90 valence electrons. The minimum Gasteiger partial charge on any atom is -0.475 e. The van der Waals surface area contributed by atoms with Crippen LogP contribution < -0.4 is 4.72 Å². The van der Waals surface area contributed by atoms with Crippen LogP contribution in [0.4, 0.5) is 8.78 Å².